The lowest BCUT2D eigenvalue weighted by molar-refractivity contribution is 1.29. The fourth-order valence-corrected chi connectivity index (χ4v) is 1.67. The molecule has 0 bridgehead atoms. The van der Waals surface area contributed by atoms with Crippen LogP contribution < -0.4 is 16.0 Å². The molecule has 0 aliphatic rings. The Labute approximate surface area is 85.4 Å². The number of hydrogen-bond donors (Lipinski definition) is 1. The van der Waals surface area contributed by atoms with E-state index in [0.717, 1.165) is 16.3 Å². The summed E-state index contributed by atoms with van der Waals surface area (Å²) >= 11 is 0. The van der Waals surface area contributed by atoms with Gasteiger partial charge in [0.25, 0.3) is 0 Å². The first kappa shape index (κ1) is 9.23. The minimum atomic E-state index is 0.903. The lowest BCUT2D eigenvalue weighted by Gasteiger charge is -1.97. The van der Waals surface area contributed by atoms with Crippen LogP contribution in [0.4, 0.5) is 0 Å². The van der Waals surface area contributed by atoms with Crippen LogP contribution >= 0.6 is 9.24 Å². The van der Waals surface area contributed by atoms with Gasteiger partial charge in [0.05, 0.1) is 0 Å². The summed E-state index contributed by atoms with van der Waals surface area (Å²) in [6.45, 7) is 7.78. The number of rotatable bonds is 1. The van der Waals surface area contributed by atoms with E-state index in [0.29, 0.717) is 0 Å². The SMILES string of the molecule is C=c1cc(-c2ccc(P)cc2)c(=C)[nH]1. The lowest BCUT2D eigenvalue weighted by Crippen LogP contribution is -2.06. The third-order valence-corrected chi connectivity index (χ3v) is 2.56. The van der Waals surface area contributed by atoms with Gasteiger partial charge in [0.15, 0.2) is 0 Å². The Bertz CT molecular complexity index is 537. The number of aromatic amines is 1. The first-order valence-electron chi connectivity index (χ1n) is 4.39. The van der Waals surface area contributed by atoms with Crippen molar-refractivity contribution in [1.82, 2.24) is 4.98 Å². The number of benzene rings is 1. The van der Waals surface area contributed by atoms with Gasteiger partial charge < -0.3 is 4.98 Å². The molecule has 0 saturated carbocycles. The first-order chi connectivity index (χ1) is 6.66. The van der Waals surface area contributed by atoms with E-state index in [1.807, 2.05) is 6.07 Å². The molecule has 0 spiro atoms. The van der Waals surface area contributed by atoms with Crippen molar-refractivity contribution in [2.75, 3.05) is 0 Å². The van der Waals surface area contributed by atoms with Crippen molar-refractivity contribution >= 4 is 27.7 Å². The molecule has 1 aromatic heterocycles. The van der Waals surface area contributed by atoms with Gasteiger partial charge in [-0.1, -0.05) is 37.4 Å². The van der Waals surface area contributed by atoms with E-state index in [9.17, 15) is 0 Å². The van der Waals surface area contributed by atoms with Crippen molar-refractivity contribution in [1.29, 1.82) is 0 Å². The Morgan fingerprint density at radius 2 is 1.71 bits per heavy atom. The molecular formula is C12H12NP. The molecule has 0 fully saturated rings. The van der Waals surface area contributed by atoms with Gasteiger partial charge in [-0.05, 0) is 16.9 Å². The molecule has 1 unspecified atom stereocenters. The van der Waals surface area contributed by atoms with Crippen molar-refractivity contribution in [3.05, 3.63) is 41.0 Å². The van der Waals surface area contributed by atoms with Crippen LogP contribution in [0.1, 0.15) is 0 Å². The summed E-state index contributed by atoms with van der Waals surface area (Å²) in [5.41, 5.74) is 2.30. The average molecular weight is 201 g/mol. The summed E-state index contributed by atoms with van der Waals surface area (Å²) in [4.78, 5) is 3.09. The highest BCUT2D eigenvalue weighted by Gasteiger charge is 1.99. The normalized spacial score (nSPS) is 10.4. The average Bonchev–Trinajstić information content (AvgIpc) is 2.47. The zero-order chi connectivity index (χ0) is 10.1. The van der Waals surface area contributed by atoms with Crippen LogP contribution in [-0.4, -0.2) is 4.98 Å². The molecule has 0 aliphatic carbocycles. The van der Waals surface area contributed by atoms with Gasteiger partial charge in [-0.2, -0.15) is 0 Å². The summed E-state index contributed by atoms with van der Waals surface area (Å²) in [6.07, 6.45) is 0. The molecule has 0 radical (unpaired) electrons. The highest BCUT2D eigenvalue weighted by molar-refractivity contribution is 7.27. The maximum absolute atomic E-state index is 3.94. The van der Waals surface area contributed by atoms with Gasteiger partial charge in [-0.15, -0.1) is 9.24 Å². The molecule has 0 saturated heterocycles. The molecule has 1 aromatic carbocycles. The second kappa shape index (κ2) is 3.43. The van der Waals surface area contributed by atoms with Crippen molar-refractivity contribution in [3.63, 3.8) is 0 Å². The van der Waals surface area contributed by atoms with E-state index in [1.54, 1.807) is 0 Å². The van der Waals surface area contributed by atoms with Crippen LogP contribution in [0.25, 0.3) is 24.3 Å². The van der Waals surface area contributed by atoms with E-state index in [-0.39, 0.29) is 0 Å². The second-order valence-corrected chi connectivity index (χ2v) is 3.98. The Morgan fingerprint density at radius 3 is 2.21 bits per heavy atom. The van der Waals surface area contributed by atoms with E-state index in [1.165, 1.54) is 10.9 Å². The van der Waals surface area contributed by atoms with E-state index >= 15 is 0 Å². The van der Waals surface area contributed by atoms with Crippen molar-refractivity contribution in [2.24, 2.45) is 0 Å². The van der Waals surface area contributed by atoms with Crippen LogP contribution in [0, 0.1) is 0 Å². The predicted molar refractivity (Wildman–Crippen MR) is 65.9 cm³/mol. The largest absolute Gasteiger partial charge is 0.356 e. The highest BCUT2D eigenvalue weighted by atomic mass is 31.0. The zero-order valence-electron chi connectivity index (χ0n) is 7.88. The van der Waals surface area contributed by atoms with E-state index in [4.69, 9.17) is 0 Å². The minimum absolute atomic E-state index is 0.903. The monoisotopic (exact) mass is 201 g/mol. The maximum atomic E-state index is 3.94. The molecule has 2 aromatic rings. The summed E-state index contributed by atoms with van der Waals surface area (Å²) < 4.78 is 0. The van der Waals surface area contributed by atoms with Crippen molar-refractivity contribution in [2.45, 2.75) is 0 Å². The zero-order valence-corrected chi connectivity index (χ0v) is 9.03. The predicted octanol–water partition coefficient (Wildman–Crippen LogP) is 1.00. The summed E-state index contributed by atoms with van der Waals surface area (Å²) in [5.74, 6) is 0. The summed E-state index contributed by atoms with van der Waals surface area (Å²) in [5, 5.41) is 3.01. The van der Waals surface area contributed by atoms with Gasteiger partial charge in [-0.25, -0.2) is 0 Å². The number of hydrogen-bond acceptors (Lipinski definition) is 0. The Morgan fingerprint density at radius 1 is 1.07 bits per heavy atom. The molecule has 1 atom stereocenters. The maximum Gasteiger partial charge on any atom is 0.0391 e. The van der Waals surface area contributed by atoms with Gasteiger partial charge >= 0.3 is 0 Å². The van der Waals surface area contributed by atoms with Crippen LogP contribution in [0.15, 0.2) is 30.3 Å². The molecule has 1 heterocycles. The molecule has 1 nitrogen and oxygen atoms in total. The number of H-pyrrole nitrogens is 1. The lowest BCUT2D eigenvalue weighted by atomic mass is 10.1. The van der Waals surface area contributed by atoms with Crippen LogP contribution in [0.3, 0.4) is 0 Å². The molecule has 2 heteroatoms. The molecule has 0 amide bonds. The van der Waals surface area contributed by atoms with Crippen molar-refractivity contribution < 1.29 is 0 Å². The number of nitrogens with one attached hydrogen (secondary N) is 1. The van der Waals surface area contributed by atoms with E-state index < -0.39 is 0 Å². The molecular weight excluding hydrogens is 189 g/mol. The fourth-order valence-electron chi connectivity index (χ4n) is 1.48. The van der Waals surface area contributed by atoms with Gasteiger partial charge in [0.1, 0.15) is 0 Å². The third-order valence-electron chi connectivity index (χ3n) is 2.18. The topological polar surface area (TPSA) is 15.8 Å². The minimum Gasteiger partial charge on any atom is -0.356 e. The standard InChI is InChI=1S/C12H12NP/c1-8-7-12(9(2)13-8)10-3-5-11(14)6-4-10/h3-7,13H,1-2,14H2. The molecule has 1 N–H and O–H groups in total. The Kier molecular flexibility index (Phi) is 2.26. The number of aromatic nitrogens is 1. The first-order valence-corrected chi connectivity index (χ1v) is 4.97. The van der Waals surface area contributed by atoms with Gasteiger partial charge in [0.2, 0.25) is 0 Å². The molecule has 0 aliphatic heterocycles. The van der Waals surface area contributed by atoms with Crippen LogP contribution in [-0.2, 0) is 0 Å². The molecule has 70 valence electrons. The highest BCUT2D eigenvalue weighted by Crippen LogP contribution is 2.12. The van der Waals surface area contributed by atoms with Gasteiger partial charge in [0, 0.05) is 16.3 Å². The van der Waals surface area contributed by atoms with Crippen LogP contribution in [0.5, 0.6) is 0 Å². The molecule has 14 heavy (non-hydrogen) atoms. The molecule has 2 rings (SSSR count). The summed E-state index contributed by atoms with van der Waals surface area (Å²) in [7, 11) is 2.67. The van der Waals surface area contributed by atoms with Crippen molar-refractivity contribution in [3.8, 4) is 11.1 Å². The quantitative estimate of drug-likeness (QED) is 0.663. The third kappa shape index (κ3) is 1.64. The second-order valence-electron chi connectivity index (χ2n) is 3.31. The van der Waals surface area contributed by atoms with Gasteiger partial charge in [-0.3, -0.25) is 0 Å². The van der Waals surface area contributed by atoms with E-state index in [2.05, 4.69) is 51.6 Å². The fraction of sp³-hybridized carbons (Fsp3) is 0. The smallest absolute Gasteiger partial charge is 0.0391 e. The van der Waals surface area contributed by atoms with Crippen LogP contribution in [0.2, 0.25) is 0 Å². The Hall–Kier alpha value is -1.33. The Balaban J connectivity index is 2.60. The summed E-state index contributed by atoms with van der Waals surface area (Å²) in [6, 6.07) is 10.3.